The molecular formula is C20H23O5-. The third kappa shape index (κ3) is 1.40. The molecule has 4 saturated carbocycles. The fraction of sp³-hybridized carbons (Fsp3) is 0.700. The lowest BCUT2D eigenvalue weighted by molar-refractivity contribution is -0.318. The van der Waals surface area contributed by atoms with E-state index < -0.39 is 45.8 Å². The minimum atomic E-state index is -1.15. The number of aliphatic carboxylic acids is 1. The van der Waals surface area contributed by atoms with E-state index in [9.17, 15) is 24.9 Å². The minimum Gasteiger partial charge on any atom is -0.550 e. The van der Waals surface area contributed by atoms with E-state index in [4.69, 9.17) is 0 Å². The van der Waals surface area contributed by atoms with Crippen LogP contribution < -0.4 is 5.11 Å². The molecule has 0 aromatic carbocycles. The molecule has 5 heteroatoms. The summed E-state index contributed by atoms with van der Waals surface area (Å²) in [5.41, 5.74) is -2.53. The van der Waals surface area contributed by atoms with Gasteiger partial charge in [-0.1, -0.05) is 18.7 Å². The highest BCUT2D eigenvalue weighted by Gasteiger charge is 2.80. The Labute approximate surface area is 146 Å². The number of rotatable bonds is 1. The van der Waals surface area contributed by atoms with Gasteiger partial charge in [0.05, 0.1) is 17.1 Å². The van der Waals surface area contributed by atoms with E-state index in [2.05, 4.69) is 6.58 Å². The van der Waals surface area contributed by atoms with Gasteiger partial charge < -0.3 is 20.1 Å². The predicted octanol–water partition coefficient (Wildman–Crippen LogP) is 0.356. The maximum atomic E-state index is 12.9. The zero-order valence-electron chi connectivity index (χ0n) is 14.3. The Hall–Kier alpha value is -1.46. The van der Waals surface area contributed by atoms with Crippen molar-refractivity contribution in [2.45, 2.75) is 50.7 Å². The number of hydrogen-bond acceptors (Lipinski definition) is 5. The Morgan fingerprint density at radius 1 is 1.40 bits per heavy atom. The molecule has 0 aromatic rings. The normalized spacial score (nSPS) is 58.4. The van der Waals surface area contributed by atoms with Gasteiger partial charge in [-0.15, -0.1) is 0 Å². The van der Waals surface area contributed by atoms with Gasteiger partial charge in [0.15, 0.2) is 0 Å². The summed E-state index contributed by atoms with van der Waals surface area (Å²) in [4.78, 5) is 25.2. The first kappa shape index (κ1) is 15.8. The fourth-order valence-electron chi connectivity index (χ4n) is 7.82. The molecule has 1 spiro atoms. The topological polar surface area (TPSA) is 97.7 Å². The molecule has 2 N–H and O–H groups in total. The van der Waals surface area contributed by atoms with Crippen LogP contribution in [0.15, 0.2) is 24.3 Å². The van der Waals surface area contributed by atoms with Crippen molar-refractivity contribution in [3.05, 3.63) is 24.3 Å². The molecule has 0 heterocycles. The van der Waals surface area contributed by atoms with E-state index >= 15 is 0 Å². The molecular weight excluding hydrogens is 320 g/mol. The highest BCUT2D eigenvalue weighted by molar-refractivity contribution is 5.92. The van der Waals surface area contributed by atoms with E-state index in [-0.39, 0.29) is 18.1 Å². The number of carboxylic acids is 1. The monoisotopic (exact) mass is 343 g/mol. The summed E-state index contributed by atoms with van der Waals surface area (Å²) < 4.78 is 0. The standard InChI is InChI=1S/C20H24O5/c1-10-7-19-9-20(10,25)6-3-11(19)18-5-4-12(21)17(2,13(22)8-18)15(18)14(19)16(23)24/h4-5,11-12,14-15,21,25H,1,3,6-9H2,2H3,(H,23,24)/p-1. The van der Waals surface area contributed by atoms with Crippen molar-refractivity contribution in [2.75, 3.05) is 0 Å². The van der Waals surface area contributed by atoms with E-state index in [0.29, 0.717) is 31.3 Å². The average Bonchev–Trinajstić information content (AvgIpc) is 2.95. The van der Waals surface area contributed by atoms with Gasteiger partial charge in [-0.3, -0.25) is 4.79 Å². The van der Waals surface area contributed by atoms with Gasteiger partial charge in [0.2, 0.25) is 0 Å². The van der Waals surface area contributed by atoms with Crippen LogP contribution in [0.1, 0.15) is 39.0 Å². The second-order valence-electron chi connectivity index (χ2n) is 9.39. The Kier molecular flexibility index (Phi) is 2.58. The van der Waals surface area contributed by atoms with Crippen LogP contribution in [0, 0.1) is 34.0 Å². The molecule has 5 aliphatic carbocycles. The van der Waals surface area contributed by atoms with Crippen molar-refractivity contribution in [1.82, 2.24) is 0 Å². The largest absolute Gasteiger partial charge is 0.550 e. The first-order valence-electron chi connectivity index (χ1n) is 9.14. The fourth-order valence-corrected chi connectivity index (χ4v) is 7.82. The van der Waals surface area contributed by atoms with Crippen molar-refractivity contribution in [3.8, 4) is 0 Å². The van der Waals surface area contributed by atoms with Crippen LogP contribution in [-0.2, 0) is 9.59 Å². The number of carbonyl (C=O) groups excluding carboxylic acids is 2. The van der Waals surface area contributed by atoms with E-state index in [1.54, 1.807) is 13.0 Å². The van der Waals surface area contributed by atoms with Crippen LogP contribution in [0.3, 0.4) is 0 Å². The van der Waals surface area contributed by atoms with Gasteiger partial charge in [0.25, 0.3) is 0 Å². The molecule has 8 unspecified atom stereocenters. The Morgan fingerprint density at radius 3 is 2.80 bits per heavy atom. The van der Waals surface area contributed by atoms with Crippen LogP contribution >= 0.6 is 0 Å². The number of ketones is 1. The Bertz CT molecular complexity index is 770. The molecule has 0 saturated heterocycles. The van der Waals surface area contributed by atoms with E-state index in [1.165, 1.54) is 0 Å². The minimum absolute atomic E-state index is 0.00181. The molecule has 0 aliphatic heterocycles. The van der Waals surface area contributed by atoms with Crippen LogP contribution in [0.5, 0.6) is 0 Å². The van der Waals surface area contributed by atoms with Crippen molar-refractivity contribution in [1.29, 1.82) is 0 Å². The average molecular weight is 343 g/mol. The summed E-state index contributed by atoms with van der Waals surface area (Å²) in [6.07, 6.45) is 5.03. The second kappa shape index (κ2) is 4.09. The maximum absolute atomic E-state index is 12.9. The molecule has 0 radical (unpaired) electrons. The SMILES string of the molecule is C=C1CC23CC1(O)CCC2C12C=CC(O)C(C)(C(=O)C1)C2C3C(=O)[O-]. The van der Waals surface area contributed by atoms with Crippen molar-refractivity contribution >= 4 is 11.8 Å². The van der Waals surface area contributed by atoms with Gasteiger partial charge >= 0.3 is 0 Å². The summed E-state index contributed by atoms with van der Waals surface area (Å²) in [5, 5.41) is 33.9. The molecule has 134 valence electrons. The summed E-state index contributed by atoms with van der Waals surface area (Å²) in [6.45, 7) is 5.76. The van der Waals surface area contributed by atoms with Gasteiger partial charge in [-0.05, 0) is 55.4 Å². The zero-order chi connectivity index (χ0) is 18.0. The second-order valence-corrected chi connectivity index (χ2v) is 9.39. The predicted molar refractivity (Wildman–Crippen MR) is 85.8 cm³/mol. The number of Topliss-reactive ketones (excluding diaryl/α,β-unsaturated/α-hetero) is 1. The van der Waals surface area contributed by atoms with Crippen molar-refractivity contribution in [2.24, 2.45) is 34.0 Å². The lowest BCUT2D eigenvalue weighted by atomic mass is 9.59. The number of fused-ring (bicyclic) bond motifs is 1. The highest BCUT2D eigenvalue weighted by atomic mass is 16.4. The summed E-state index contributed by atoms with van der Waals surface area (Å²) >= 11 is 0. The van der Waals surface area contributed by atoms with Gasteiger partial charge in [0, 0.05) is 23.7 Å². The van der Waals surface area contributed by atoms with E-state index in [1.807, 2.05) is 6.08 Å². The van der Waals surface area contributed by atoms with E-state index in [0.717, 1.165) is 0 Å². The van der Waals surface area contributed by atoms with Crippen LogP contribution in [0.25, 0.3) is 0 Å². The van der Waals surface area contributed by atoms with Gasteiger partial charge in [-0.25, -0.2) is 0 Å². The smallest absolute Gasteiger partial charge is 0.142 e. The Morgan fingerprint density at radius 2 is 2.12 bits per heavy atom. The lowest BCUT2D eigenvalue weighted by Gasteiger charge is -2.46. The quantitative estimate of drug-likeness (QED) is 0.670. The third-order valence-electron chi connectivity index (χ3n) is 8.71. The first-order chi connectivity index (χ1) is 11.6. The van der Waals surface area contributed by atoms with Crippen LogP contribution in [0.2, 0.25) is 0 Å². The maximum Gasteiger partial charge on any atom is 0.142 e. The summed E-state index contributed by atoms with van der Waals surface area (Å²) in [7, 11) is 0. The van der Waals surface area contributed by atoms with Gasteiger partial charge in [-0.2, -0.15) is 0 Å². The zero-order valence-corrected chi connectivity index (χ0v) is 14.3. The summed E-state index contributed by atoms with van der Waals surface area (Å²) in [5.74, 6) is -2.52. The van der Waals surface area contributed by atoms with Gasteiger partial charge in [0.1, 0.15) is 5.78 Å². The number of aliphatic hydroxyl groups is 2. The van der Waals surface area contributed by atoms with Crippen LogP contribution in [-0.4, -0.2) is 33.7 Å². The number of carbonyl (C=O) groups is 2. The number of allylic oxidation sites excluding steroid dienone is 1. The Balaban J connectivity index is 1.78. The molecule has 0 amide bonds. The number of hydrogen-bond donors (Lipinski definition) is 2. The first-order valence-corrected chi connectivity index (χ1v) is 9.14. The molecule has 5 nitrogen and oxygen atoms in total. The third-order valence-corrected chi connectivity index (χ3v) is 8.71. The number of carboxylic acid groups (broad SMARTS) is 1. The summed E-state index contributed by atoms with van der Waals surface area (Å²) in [6, 6.07) is 0. The van der Waals surface area contributed by atoms with Crippen LogP contribution in [0.4, 0.5) is 0 Å². The number of aliphatic hydroxyl groups excluding tert-OH is 1. The molecule has 25 heavy (non-hydrogen) atoms. The molecule has 4 bridgehead atoms. The lowest BCUT2D eigenvalue weighted by Crippen LogP contribution is -2.52. The molecule has 4 fully saturated rings. The molecule has 5 aliphatic rings. The van der Waals surface area contributed by atoms with Crippen molar-refractivity contribution < 1.29 is 24.9 Å². The molecule has 5 rings (SSSR count). The molecule has 0 aromatic heterocycles. The van der Waals surface area contributed by atoms with Crippen molar-refractivity contribution in [3.63, 3.8) is 0 Å². The molecule has 8 atom stereocenters. The highest BCUT2D eigenvalue weighted by Crippen LogP contribution is 2.80.